The first-order valence-corrected chi connectivity index (χ1v) is 7.68. The van der Waals surface area contributed by atoms with Gasteiger partial charge < -0.3 is 10.6 Å². The number of para-hydroxylation sites is 2. The average Bonchev–Trinajstić information content (AvgIpc) is 2.55. The fourth-order valence-corrected chi connectivity index (χ4v) is 2.60. The van der Waals surface area contributed by atoms with E-state index in [0.29, 0.717) is 5.11 Å². The van der Waals surface area contributed by atoms with Crippen molar-refractivity contribution in [3.8, 4) is 0 Å². The quantitative estimate of drug-likeness (QED) is 0.693. The number of pyridine rings is 1. The van der Waals surface area contributed by atoms with Crippen LogP contribution in [-0.2, 0) is 6.42 Å². The zero-order valence-corrected chi connectivity index (χ0v) is 13.2. The minimum Gasteiger partial charge on any atom is -0.332 e. The van der Waals surface area contributed by atoms with Crippen molar-refractivity contribution in [3.05, 3.63) is 66.4 Å². The third-order valence-electron chi connectivity index (χ3n) is 3.49. The van der Waals surface area contributed by atoms with E-state index in [9.17, 15) is 0 Å². The van der Waals surface area contributed by atoms with Crippen LogP contribution >= 0.6 is 12.2 Å². The number of anilines is 2. The summed E-state index contributed by atoms with van der Waals surface area (Å²) in [5, 5.41) is 8.10. The van der Waals surface area contributed by atoms with Gasteiger partial charge in [0.1, 0.15) is 0 Å². The molecule has 0 amide bonds. The largest absolute Gasteiger partial charge is 0.332 e. The van der Waals surface area contributed by atoms with E-state index in [0.717, 1.165) is 28.7 Å². The number of thiocarbonyl (C=S) groups is 1. The van der Waals surface area contributed by atoms with Crippen molar-refractivity contribution in [1.29, 1.82) is 0 Å². The second-order valence-electron chi connectivity index (χ2n) is 5.01. The molecule has 0 fully saturated rings. The molecule has 0 saturated heterocycles. The highest BCUT2D eigenvalue weighted by atomic mass is 32.1. The molecule has 110 valence electrons. The molecule has 3 aromatic rings. The summed E-state index contributed by atoms with van der Waals surface area (Å²) in [7, 11) is 0. The van der Waals surface area contributed by atoms with E-state index in [1.165, 1.54) is 5.56 Å². The number of aromatic nitrogens is 1. The highest BCUT2D eigenvalue weighted by Crippen LogP contribution is 2.18. The van der Waals surface area contributed by atoms with Gasteiger partial charge in [0.15, 0.2) is 5.11 Å². The molecule has 4 heteroatoms. The van der Waals surface area contributed by atoms with Crippen LogP contribution in [0.4, 0.5) is 11.4 Å². The molecule has 0 aliphatic rings. The smallest absolute Gasteiger partial charge is 0.175 e. The number of fused-ring (bicyclic) bond motifs is 1. The van der Waals surface area contributed by atoms with Crippen LogP contribution in [0.1, 0.15) is 12.5 Å². The van der Waals surface area contributed by atoms with E-state index in [4.69, 9.17) is 12.2 Å². The van der Waals surface area contributed by atoms with Crippen LogP contribution in [0.3, 0.4) is 0 Å². The van der Waals surface area contributed by atoms with E-state index in [-0.39, 0.29) is 0 Å². The summed E-state index contributed by atoms with van der Waals surface area (Å²) >= 11 is 5.40. The average molecular weight is 307 g/mol. The van der Waals surface area contributed by atoms with Crippen LogP contribution in [0.2, 0.25) is 0 Å². The summed E-state index contributed by atoms with van der Waals surface area (Å²) in [6.45, 7) is 2.13. The molecule has 1 heterocycles. The molecule has 0 unspecified atom stereocenters. The molecule has 3 rings (SSSR count). The number of hydrogen-bond donors (Lipinski definition) is 2. The third kappa shape index (κ3) is 3.23. The zero-order chi connectivity index (χ0) is 15.4. The Morgan fingerprint density at radius 2 is 1.82 bits per heavy atom. The number of hydrogen-bond acceptors (Lipinski definition) is 2. The van der Waals surface area contributed by atoms with Crippen molar-refractivity contribution in [2.24, 2.45) is 0 Å². The molecule has 0 aliphatic carbocycles. The van der Waals surface area contributed by atoms with E-state index >= 15 is 0 Å². The Morgan fingerprint density at radius 3 is 2.68 bits per heavy atom. The van der Waals surface area contributed by atoms with Gasteiger partial charge in [0.05, 0.1) is 17.4 Å². The Labute approximate surface area is 135 Å². The molecule has 1 aromatic heterocycles. The molecule has 0 aliphatic heterocycles. The van der Waals surface area contributed by atoms with Crippen molar-refractivity contribution in [2.45, 2.75) is 13.3 Å². The first-order valence-electron chi connectivity index (χ1n) is 7.27. The molecule has 0 saturated carbocycles. The van der Waals surface area contributed by atoms with Gasteiger partial charge in [-0.15, -0.1) is 0 Å². The van der Waals surface area contributed by atoms with Gasteiger partial charge in [-0.1, -0.05) is 43.3 Å². The first kappa shape index (κ1) is 14.5. The van der Waals surface area contributed by atoms with Crippen LogP contribution < -0.4 is 10.6 Å². The maximum atomic E-state index is 5.40. The highest BCUT2D eigenvalue weighted by molar-refractivity contribution is 7.80. The summed E-state index contributed by atoms with van der Waals surface area (Å²) in [4.78, 5) is 4.43. The van der Waals surface area contributed by atoms with E-state index < -0.39 is 0 Å². The van der Waals surface area contributed by atoms with Crippen molar-refractivity contribution in [3.63, 3.8) is 0 Å². The molecular weight excluding hydrogens is 290 g/mol. The Kier molecular flexibility index (Phi) is 4.30. The molecular formula is C18H17N3S. The fourth-order valence-electron chi connectivity index (χ4n) is 2.37. The van der Waals surface area contributed by atoms with Crippen LogP contribution in [0.5, 0.6) is 0 Å². The molecule has 0 spiro atoms. The van der Waals surface area contributed by atoms with Gasteiger partial charge in [-0.05, 0) is 42.4 Å². The van der Waals surface area contributed by atoms with Gasteiger partial charge in [-0.25, -0.2) is 0 Å². The number of rotatable bonds is 3. The van der Waals surface area contributed by atoms with Gasteiger partial charge >= 0.3 is 0 Å². The Balaban J connectivity index is 1.75. The second-order valence-corrected chi connectivity index (χ2v) is 5.41. The molecule has 0 atom stereocenters. The summed E-state index contributed by atoms with van der Waals surface area (Å²) in [6.07, 6.45) is 2.76. The maximum Gasteiger partial charge on any atom is 0.175 e. The summed E-state index contributed by atoms with van der Waals surface area (Å²) in [5.74, 6) is 0. The molecule has 2 N–H and O–H groups in total. The van der Waals surface area contributed by atoms with E-state index in [2.05, 4.69) is 28.6 Å². The van der Waals surface area contributed by atoms with Crippen molar-refractivity contribution < 1.29 is 0 Å². The zero-order valence-electron chi connectivity index (χ0n) is 12.3. The topological polar surface area (TPSA) is 37.0 Å². The molecule has 3 nitrogen and oxygen atoms in total. The third-order valence-corrected chi connectivity index (χ3v) is 3.70. The number of nitrogens with zero attached hydrogens (tertiary/aromatic N) is 1. The van der Waals surface area contributed by atoms with Crippen molar-refractivity contribution in [1.82, 2.24) is 4.98 Å². The lowest BCUT2D eigenvalue weighted by Gasteiger charge is -2.13. The fraction of sp³-hybridized carbons (Fsp3) is 0.111. The monoisotopic (exact) mass is 307 g/mol. The van der Waals surface area contributed by atoms with Crippen molar-refractivity contribution >= 4 is 39.6 Å². The van der Waals surface area contributed by atoms with Gasteiger partial charge in [-0.2, -0.15) is 0 Å². The summed E-state index contributed by atoms with van der Waals surface area (Å²) < 4.78 is 0. The predicted molar refractivity (Wildman–Crippen MR) is 97.4 cm³/mol. The SMILES string of the molecule is CCc1ccccc1NC(=S)Nc1cnc2ccccc2c1. The van der Waals surface area contributed by atoms with Gasteiger partial charge in [-0.3, -0.25) is 4.98 Å². The van der Waals surface area contributed by atoms with Crippen LogP contribution in [0, 0.1) is 0 Å². The van der Waals surface area contributed by atoms with E-state index in [1.807, 2.05) is 48.5 Å². The molecule has 22 heavy (non-hydrogen) atoms. The Bertz CT molecular complexity index is 814. The summed E-state index contributed by atoms with van der Waals surface area (Å²) in [5.41, 5.74) is 4.13. The summed E-state index contributed by atoms with van der Waals surface area (Å²) in [6, 6.07) is 18.2. The van der Waals surface area contributed by atoms with Crippen LogP contribution in [0.15, 0.2) is 60.8 Å². The Morgan fingerprint density at radius 1 is 1.05 bits per heavy atom. The lowest BCUT2D eigenvalue weighted by atomic mass is 10.1. The highest BCUT2D eigenvalue weighted by Gasteiger charge is 2.03. The van der Waals surface area contributed by atoms with E-state index in [1.54, 1.807) is 6.20 Å². The number of aryl methyl sites for hydroxylation is 1. The lowest BCUT2D eigenvalue weighted by molar-refractivity contribution is 1.14. The number of benzene rings is 2. The van der Waals surface area contributed by atoms with Gasteiger partial charge in [0, 0.05) is 11.1 Å². The predicted octanol–water partition coefficient (Wildman–Crippen LogP) is 4.61. The van der Waals surface area contributed by atoms with Crippen molar-refractivity contribution in [2.75, 3.05) is 10.6 Å². The standard InChI is InChI=1S/C18H17N3S/c1-2-13-7-3-6-10-17(13)21-18(22)20-15-11-14-8-4-5-9-16(14)19-12-15/h3-12H,2H2,1H3,(H2,20,21,22). The van der Waals surface area contributed by atoms with Gasteiger partial charge in [0.25, 0.3) is 0 Å². The molecule has 0 bridgehead atoms. The van der Waals surface area contributed by atoms with Crippen LogP contribution in [-0.4, -0.2) is 10.1 Å². The number of nitrogens with one attached hydrogen (secondary N) is 2. The van der Waals surface area contributed by atoms with Gasteiger partial charge in [0.2, 0.25) is 0 Å². The first-order chi connectivity index (χ1) is 10.8. The Hall–Kier alpha value is -2.46. The minimum absolute atomic E-state index is 0.568. The minimum atomic E-state index is 0.568. The normalized spacial score (nSPS) is 10.4. The maximum absolute atomic E-state index is 5.40. The molecule has 2 aromatic carbocycles. The second kappa shape index (κ2) is 6.54. The lowest BCUT2D eigenvalue weighted by Crippen LogP contribution is -2.19. The molecule has 0 radical (unpaired) electrons. The van der Waals surface area contributed by atoms with Crippen LogP contribution in [0.25, 0.3) is 10.9 Å².